The van der Waals surface area contributed by atoms with Crippen molar-refractivity contribution >= 4 is 17.6 Å². The van der Waals surface area contributed by atoms with Crippen molar-refractivity contribution in [1.82, 2.24) is 5.32 Å². The van der Waals surface area contributed by atoms with Gasteiger partial charge in [0.15, 0.2) is 0 Å². The van der Waals surface area contributed by atoms with Crippen LogP contribution in [0.5, 0.6) is 0 Å². The summed E-state index contributed by atoms with van der Waals surface area (Å²) in [5.74, 6) is -0.298. The van der Waals surface area contributed by atoms with E-state index in [4.69, 9.17) is 16.3 Å². The molecule has 0 aliphatic carbocycles. The van der Waals surface area contributed by atoms with Crippen LogP contribution in [0.1, 0.15) is 22.7 Å². The summed E-state index contributed by atoms with van der Waals surface area (Å²) >= 11 is 5.95. The van der Waals surface area contributed by atoms with Gasteiger partial charge in [-0.25, -0.2) is 4.79 Å². The number of methoxy groups -OCH3 is 1. The van der Waals surface area contributed by atoms with Crippen LogP contribution in [0.15, 0.2) is 48.5 Å². The topological polar surface area (TPSA) is 38.3 Å². The van der Waals surface area contributed by atoms with E-state index in [9.17, 15) is 4.79 Å². The molecule has 0 heterocycles. The highest BCUT2D eigenvalue weighted by molar-refractivity contribution is 6.30. The smallest absolute Gasteiger partial charge is 0.327 e. The summed E-state index contributed by atoms with van der Waals surface area (Å²) in [6, 6.07) is 14.8. The molecule has 0 saturated heterocycles. The molecule has 0 aromatic heterocycles. The molecule has 0 bridgehead atoms. The maximum atomic E-state index is 12.0. The van der Waals surface area contributed by atoms with Crippen LogP contribution in [0.2, 0.25) is 5.02 Å². The van der Waals surface area contributed by atoms with E-state index >= 15 is 0 Å². The van der Waals surface area contributed by atoms with Crippen molar-refractivity contribution in [3.8, 4) is 0 Å². The number of esters is 1. The zero-order valence-corrected chi connectivity index (χ0v) is 12.9. The van der Waals surface area contributed by atoms with Gasteiger partial charge in [-0.15, -0.1) is 0 Å². The SMILES string of the molecule is COC(=O)C(NCc1ccc(Cl)cc1C)c1ccccc1. The van der Waals surface area contributed by atoms with E-state index in [1.165, 1.54) is 7.11 Å². The molecule has 1 unspecified atom stereocenters. The average molecular weight is 304 g/mol. The molecule has 4 heteroatoms. The van der Waals surface area contributed by atoms with Crippen molar-refractivity contribution in [3.63, 3.8) is 0 Å². The fourth-order valence-electron chi connectivity index (χ4n) is 2.17. The lowest BCUT2D eigenvalue weighted by molar-refractivity contribution is -0.143. The number of carbonyl (C=O) groups is 1. The third kappa shape index (κ3) is 4.06. The molecule has 0 aliphatic heterocycles. The van der Waals surface area contributed by atoms with Gasteiger partial charge in [-0.2, -0.15) is 0 Å². The molecule has 110 valence electrons. The van der Waals surface area contributed by atoms with Crippen molar-refractivity contribution in [2.24, 2.45) is 0 Å². The van der Waals surface area contributed by atoms with Gasteiger partial charge >= 0.3 is 5.97 Å². The summed E-state index contributed by atoms with van der Waals surface area (Å²) in [6.07, 6.45) is 0. The molecule has 2 rings (SSSR count). The minimum atomic E-state index is -0.480. The molecule has 1 N–H and O–H groups in total. The number of carbonyl (C=O) groups excluding carboxylic acids is 1. The van der Waals surface area contributed by atoms with E-state index in [2.05, 4.69) is 5.32 Å². The van der Waals surface area contributed by atoms with Gasteiger partial charge in [0.25, 0.3) is 0 Å². The molecular formula is C17H18ClNO2. The van der Waals surface area contributed by atoms with Crippen LogP contribution in [-0.4, -0.2) is 13.1 Å². The van der Waals surface area contributed by atoms with Crippen LogP contribution in [0, 0.1) is 6.92 Å². The average Bonchev–Trinajstić information content (AvgIpc) is 2.50. The van der Waals surface area contributed by atoms with E-state index in [0.29, 0.717) is 11.6 Å². The van der Waals surface area contributed by atoms with Gasteiger partial charge in [-0.05, 0) is 35.7 Å². The van der Waals surface area contributed by atoms with Crippen LogP contribution < -0.4 is 5.32 Å². The third-order valence-corrected chi connectivity index (χ3v) is 3.61. The van der Waals surface area contributed by atoms with Gasteiger partial charge in [0.1, 0.15) is 6.04 Å². The molecule has 2 aromatic carbocycles. The fraction of sp³-hybridized carbons (Fsp3) is 0.235. The summed E-state index contributed by atoms with van der Waals surface area (Å²) in [6.45, 7) is 2.57. The number of hydrogen-bond donors (Lipinski definition) is 1. The Labute approximate surface area is 129 Å². The number of rotatable bonds is 5. The van der Waals surface area contributed by atoms with Crippen molar-refractivity contribution in [3.05, 3.63) is 70.2 Å². The van der Waals surface area contributed by atoms with E-state index in [0.717, 1.165) is 16.7 Å². The predicted octanol–water partition coefficient (Wildman–Crippen LogP) is 3.65. The van der Waals surface area contributed by atoms with Crippen molar-refractivity contribution in [2.75, 3.05) is 7.11 Å². The van der Waals surface area contributed by atoms with Crippen molar-refractivity contribution in [2.45, 2.75) is 19.5 Å². The van der Waals surface area contributed by atoms with Crippen LogP contribution in [0.4, 0.5) is 0 Å². The van der Waals surface area contributed by atoms with Crippen molar-refractivity contribution in [1.29, 1.82) is 0 Å². The largest absolute Gasteiger partial charge is 0.468 e. The highest BCUT2D eigenvalue weighted by Gasteiger charge is 2.20. The number of hydrogen-bond acceptors (Lipinski definition) is 3. The first kappa shape index (κ1) is 15.5. The fourth-order valence-corrected chi connectivity index (χ4v) is 2.40. The quantitative estimate of drug-likeness (QED) is 0.857. The minimum Gasteiger partial charge on any atom is -0.468 e. The van der Waals surface area contributed by atoms with Gasteiger partial charge < -0.3 is 4.74 Å². The Morgan fingerprint density at radius 3 is 2.57 bits per heavy atom. The lowest BCUT2D eigenvalue weighted by Crippen LogP contribution is -2.29. The van der Waals surface area contributed by atoms with Crippen LogP contribution in [-0.2, 0) is 16.1 Å². The lowest BCUT2D eigenvalue weighted by Gasteiger charge is -2.17. The highest BCUT2D eigenvalue weighted by atomic mass is 35.5. The molecule has 0 saturated carbocycles. The summed E-state index contributed by atoms with van der Waals surface area (Å²) in [5, 5.41) is 3.96. The Morgan fingerprint density at radius 2 is 1.95 bits per heavy atom. The Hall–Kier alpha value is -1.84. The maximum absolute atomic E-state index is 12.0. The number of benzene rings is 2. The second-order valence-corrected chi connectivity index (χ2v) is 5.25. The molecule has 0 aliphatic rings. The second-order valence-electron chi connectivity index (χ2n) is 4.82. The Bertz CT molecular complexity index is 613. The third-order valence-electron chi connectivity index (χ3n) is 3.37. The number of aryl methyl sites for hydroxylation is 1. The normalized spacial score (nSPS) is 12.0. The molecule has 21 heavy (non-hydrogen) atoms. The molecular weight excluding hydrogens is 286 g/mol. The van der Waals surface area contributed by atoms with Gasteiger partial charge in [0, 0.05) is 11.6 Å². The highest BCUT2D eigenvalue weighted by Crippen LogP contribution is 2.18. The van der Waals surface area contributed by atoms with Gasteiger partial charge in [-0.1, -0.05) is 48.0 Å². The summed E-state index contributed by atoms with van der Waals surface area (Å²) in [5.41, 5.74) is 3.08. The van der Waals surface area contributed by atoms with E-state index in [1.807, 2.05) is 55.5 Å². The zero-order chi connectivity index (χ0) is 15.2. The van der Waals surface area contributed by atoms with Gasteiger partial charge in [0.05, 0.1) is 7.11 Å². The standard InChI is InChI=1S/C17H18ClNO2/c1-12-10-15(18)9-8-14(12)11-19-16(17(20)21-2)13-6-4-3-5-7-13/h3-10,16,19H,11H2,1-2H3. The zero-order valence-electron chi connectivity index (χ0n) is 12.1. The Balaban J connectivity index is 2.15. The maximum Gasteiger partial charge on any atom is 0.327 e. The lowest BCUT2D eigenvalue weighted by atomic mass is 10.1. The van der Waals surface area contributed by atoms with Crippen LogP contribution in [0.3, 0.4) is 0 Å². The molecule has 1 atom stereocenters. The second kappa shape index (κ2) is 7.25. The molecule has 0 radical (unpaired) electrons. The monoisotopic (exact) mass is 303 g/mol. The molecule has 3 nitrogen and oxygen atoms in total. The summed E-state index contributed by atoms with van der Waals surface area (Å²) in [4.78, 5) is 12.0. The van der Waals surface area contributed by atoms with Gasteiger partial charge in [0.2, 0.25) is 0 Å². The van der Waals surface area contributed by atoms with Gasteiger partial charge in [-0.3, -0.25) is 5.32 Å². The molecule has 0 spiro atoms. The Kier molecular flexibility index (Phi) is 5.37. The van der Waals surface area contributed by atoms with E-state index in [1.54, 1.807) is 0 Å². The minimum absolute atomic E-state index is 0.298. The van der Waals surface area contributed by atoms with Crippen LogP contribution >= 0.6 is 11.6 Å². The summed E-state index contributed by atoms with van der Waals surface area (Å²) in [7, 11) is 1.40. The Morgan fingerprint density at radius 1 is 1.24 bits per heavy atom. The van der Waals surface area contributed by atoms with E-state index in [-0.39, 0.29) is 5.97 Å². The first-order valence-electron chi connectivity index (χ1n) is 6.73. The van der Waals surface area contributed by atoms with Crippen molar-refractivity contribution < 1.29 is 9.53 Å². The van der Waals surface area contributed by atoms with Crippen LogP contribution in [0.25, 0.3) is 0 Å². The summed E-state index contributed by atoms with van der Waals surface area (Å²) < 4.78 is 4.88. The molecule has 0 fully saturated rings. The number of ether oxygens (including phenoxy) is 1. The number of nitrogens with one attached hydrogen (secondary N) is 1. The molecule has 0 amide bonds. The first-order chi connectivity index (χ1) is 10.1. The number of halogens is 1. The van der Waals surface area contributed by atoms with E-state index < -0.39 is 6.04 Å². The molecule has 2 aromatic rings. The first-order valence-corrected chi connectivity index (χ1v) is 7.11. The predicted molar refractivity (Wildman–Crippen MR) is 84.2 cm³/mol.